The van der Waals surface area contributed by atoms with E-state index in [2.05, 4.69) is 35.5 Å². The Kier molecular flexibility index (Phi) is 4.81. The van der Waals surface area contributed by atoms with Crippen molar-refractivity contribution < 1.29 is 13.2 Å². The number of nitrogens with zero attached hydrogens (tertiary/aromatic N) is 3. The van der Waals surface area contributed by atoms with Crippen LogP contribution in [-0.4, -0.2) is 35.7 Å². The number of carbonyl (C=O) groups excluding carboxylic acids is 1. The van der Waals surface area contributed by atoms with E-state index in [0.29, 0.717) is 13.1 Å². The Labute approximate surface area is 153 Å². The predicted molar refractivity (Wildman–Crippen MR) is 96.6 cm³/mol. The van der Waals surface area contributed by atoms with E-state index in [1.54, 1.807) is 35.4 Å². The van der Waals surface area contributed by atoms with Gasteiger partial charge < -0.3 is 4.90 Å². The first-order valence-corrected chi connectivity index (χ1v) is 9.81. The predicted octanol–water partition coefficient (Wildman–Crippen LogP) is 1.59. The molecular formula is C18H22N4O3S. The standard InChI is InChI=1S/C18H22N4O3S/c1-18(2,3)14-4-6-15(7-5-14)26(24,25)21-9-17(23)22-10-13-8-19-12-20-16(13)11-22/h4-8,12,21H,9-11H2,1-3H3. The summed E-state index contributed by atoms with van der Waals surface area (Å²) < 4.78 is 27.2. The van der Waals surface area contributed by atoms with Gasteiger partial charge in [0, 0.05) is 18.3 Å². The number of rotatable bonds is 4. The molecule has 2 aromatic rings. The van der Waals surface area contributed by atoms with Crippen LogP contribution in [0.5, 0.6) is 0 Å². The minimum absolute atomic E-state index is 0.0562. The Balaban J connectivity index is 1.63. The summed E-state index contributed by atoms with van der Waals surface area (Å²) >= 11 is 0. The van der Waals surface area contributed by atoms with Crippen molar-refractivity contribution in [3.63, 3.8) is 0 Å². The smallest absolute Gasteiger partial charge is 0.241 e. The number of hydrogen-bond acceptors (Lipinski definition) is 5. The second-order valence-electron chi connectivity index (χ2n) is 7.34. The van der Waals surface area contributed by atoms with Crippen LogP contribution in [0.4, 0.5) is 0 Å². The SMILES string of the molecule is CC(C)(C)c1ccc(S(=O)(=O)NCC(=O)N2Cc3cncnc3C2)cc1. The molecule has 0 atom stereocenters. The van der Waals surface area contributed by atoms with E-state index in [4.69, 9.17) is 0 Å². The maximum Gasteiger partial charge on any atom is 0.241 e. The van der Waals surface area contributed by atoms with Crippen LogP contribution < -0.4 is 4.72 Å². The molecule has 0 saturated heterocycles. The molecule has 8 heteroatoms. The van der Waals surface area contributed by atoms with E-state index >= 15 is 0 Å². The molecule has 0 unspecified atom stereocenters. The van der Waals surface area contributed by atoms with E-state index in [0.717, 1.165) is 16.8 Å². The molecule has 1 N–H and O–H groups in total. The quantitative estimate of drug-likeness (QED) is 0.877. The van der Waals surface area contributed by atoms with Crippen LogP contribution in [-0.2, 0) is 33.3 Å². The van der Waals surface area contributed by atoms with Gasteiger partial charge in [-0.1, -0.05) is 32.9 Å². The monoisotopic (exact) mass is 374 g/mol. The third kappa shape index (κ3) is 3.91. The van der Waals surface area contributed by atoms with Crippen LogP contribution in [0.3, 0.4) is 0 Å². The second-order valence-corrected chi connectivity index (χ2v) is 9.11. The number of hydrogen-bond donors (Lipinski definition) is 1. The van der Waals surface area contributed by atoms with Gasteiger partial charge in [0.15, 0.2) is 0 Å². The minimum Gasteiger partial charge on any atom is -0.331 e. The first-order valence-electron chi connectivity index (χ1n) is 8.32. The number of fused-ring (bicyclic) bond motifs is 1. The third-order valence-corrected chi connectivity index (χ3v) is 5.80. The molecule has 26 heavy (non-hydrogen) atoms. The third-order valence-electron chi connectivity index (χ3n) is 4.38. The maximum atomic E-state index is 12.4. The summed E-state index contributed by atoms with van der Waals surface area (Å²) in [5, 5.41) is 0. The van der Waals surface area contributed by atoms with Crippen LogP contribution in [0.25, 0.3) is 0 Å². The fraction of sp³-hybridized carbons (Fsp3) is 0.389. The highest BCUT2D eigenvalue weighted by atomic mass is 32.2. The van der Waals surface area contributed by atoms with Gasteiger partial charge in [0.05, 0.1) is 23.7 Å². The zero-order valence-corrected chi connectivity index (χ0v) is 15.9. The molecule has 0 saturated carbocycles. The van der Waals surface area contributed by atoms with Crippen molar-refractivity contribution in [1.82, 2.24) is 19.6 Å². The molecule has 3 rings (SSSR count). The Hall–Kier alpha value is -2.32. The van der Waals surface area contributed by atoms with Crippen molar-refractivity contribution in [2.24, 2.45) is 0 Å². The molecule has 1 amide bonds. The number of nitrogens with one attached hydrogen (secondary N) is 1. The Morgan fingerprint density at radius 3 is 2.50 bits per heavy atom. The van der Waals surface area contributed by atoms with Gasteiger partial charge >= 0.3 is 0 Å². The van der Waals surface area contributed by atoms with Crippen LogP contribution in [0.2, 0.25) is 0 Å². The summed E-state index contributed by atoms with van der Waals surface area (Å²) in [5.41, 5.74) is 2.68. The lowest BCUT2D eigenvalue weighted by Gasteiger charge is -2.19. The van der Waals surface area contributed by atoms with Crippen molar-refractivity contribution in [3.8, 4) is 0 Å². The van der Waals surface area contributed by atoms with Crippen LogP contribution >= 0.6 is 0 Å². The topological polar surface area (TPSA) is 92.3 Å². The number of amides is 1. The van der Waals surface area contributed by atoms with Crippen molar-refractivity contribution in [2.75, 3.05) is 6.54 Å². The number of benzene rings is 1. The molecule has 1 aromatic heterocycles. The van der Waals surface area contributed by atoms with E-state index in [1.807, 2.05) is 0 Å². The zero-order valence-electron chi connectivity index (χ0n) is 15.1. The Morgan fingerprint density at radius 2 is 1.88 bits per heavy atom. The highest BCUT2D eigenvalue weighted by molar-refractivity contribution is 7.89. The summed E-state index contributed by atoms with van der Waals surface area (Å²) in [7, 11) is -3.74. The first kappa shape index (κ1) is 18.5. The zero-order chi connectivity index (χ0) is 18.9. The van der Waals surface area contributed by atoms with Gasteiger partial charge in [-0.15, -0.1) is 0 Å². The summed E-state index contributed by atoms with van der Waals surface area (Å²) in [6, 6.07) is 6.72. The van der Waals surface area contributed by atoms with Crippen molar-refractivity contribution in [1.29, 1.82) is 0 Å². The normalized spacial score (nSPS) is 14.3. The van der Waals surface area contributed by atoms with Gasteiger partial charge in [-0.25, -0.2) is 23.1 Å². The lowest BCUT2D eigenvalue weighted by molar-refractivity contribution is -0.130. The Bertz CT molecular complexity index is 893. The highest BCUT2D eigenvalue weighted by Crippen LogP contribution is 2.23. The number of carbonyl (C=O) groups is 1. The van der Waals surface area contributed by atoms with Crippen LogP contribution in [0, 0.1) is 0 Å². The van der Waals surface area contributed by atoms with Crippen molar-refractivity contribution >= 4 is 15.9 Å². The van der Waals surface area contributed by atoms with Gasteiger partial charge in [-0.3, -0.25) is 4.79 Å². The highest BCUT2D eigenvalue weighted by Gasteiger charge is 2.26. The second kappa shape index (κ2) is 6.77. The molecule has 138 valence electrons. The molecule has 0 radical (unpaired) electrons. The van der Waals surface area contributed by atoms with E-state index < -0.39 is 10.0 Å². The molecule has 0 bridgehead atoms. The Morgan fingerprint density at radius 1 is 1.19 bits per heavy atom. The summed E-state index contributed by atoms with van der Waals surface area (Å²) in [4.78, 5) is 22.1. The van der Waals surface area contributed by atoms with Crippen molar-refractivity contribution in [2.45, 2.75) is 44.2 Å². The molecule has 1 aliphatic heterocycles. The average Bonchev–Trinajstić information content (AvgIpc) is 3.03. The molecule has 1 aliphatic rings. The average molecular weight is 374 g/mol. The van der Waals surface area contributed by atoms with Gasteiger partial charge in [-0.05, 0) is 23.1 Å². The van der Waals surface area contributed by atoms with E-state index in [1.165, 1.54) is 6.33 Å². The summed E-state index contributed by atoms with van der Waals surface area (Å²) in [6.45, 7) is 6.67. The molecule has 0 fully saturated rings. The summed E-state index contributed by atoms with van der Waals surface area (Å²) in [6.07, 6.45) is 3.12. The largest absolute Gasteiger partial charge is 0.331 e. The van der Waals surface area contributed by atoms with Gasteiger partial charge in [0.1, 0.15) is 6.33 Å². The van der Waals surface area contributed by atoms with Crippen LogP contribution in [0.1, 0.15) is 37.6 Å². The fourth-order valence-corrected chi connectivity index (χ4v) is 3.74. The molecule has 0 spiro atoms. The van der Waals surface area contributed by atoms with Gasteiger partial charge in [-0.2, -0.15) is 0 Å². The lowest BCUT2D eigenvalue weighted by atomic mass is 9.87. The van der Waals surface area contributed by atoms with Crippen molar-refractivity contribution in [3.05, 3.63) is 53.6 Å². The molecule has 7 nitrogen and oxygen atoms in total. The molecule has 0 aliphatic carbocycles. The number of aromatic nitrogens is 2. The van der Waals surface area contributed by atoms with Gasteiger partial charge in [0.25, 0.3) is 0 Å². The minimum atomic E-state index is -3.74. The summed E-state index contributed by atoms with van der Waals surface area (Å²) in [5.74, 6) is -0.294. The van der Waals surface area contributed by atoms with Crippen LogP contribution in [0.15, 0.2) is 41.7 Å². The van der Waals surface area contributed by atoms with Gasteiger partial charge in [0.2, 0.25) is 15.9 Å². The number of sulfonamides is 1. The maximum absolute atomic E-state index is 12.4. The van der Waals surface area contributed by atoms with E-state index in [-0.39, 0.29) is 22.8 Å². The first-order chi connectivity index (χ1) is 12.2. The molecular weight excluding hydrogens is 352 g/mol. The molecule has 1 aromatic carbocycles. The molecule has 2 heterocycles. The van der Waals surface area contributed by atoms with E-state index in [9.17, 15) is 13.2 Å². The lowest BCUT2D eigenvalue weighted by Crippen LogP contribution is -2.37. The fourth-order valence-electron chi connectivity index (χ4n) is 2.76.